The van der Waals surface area contributed by atoms with Gasteiger partial charge < -0.3 is 14.4 Å². The van der Waals surface area contributed by atoms with Crippen molar-refractivity contribution in [1.82, 2.24) is 4.90 Å². The lowest BCUT2D eigenvalue weighted by Crippen LogP contribution is -2.34. The maximum atomic E-state index is 12.0. The van der Waals surface area contributed by atoms with Crippen LogP contribution in [0, 0.1) is 18.3 Å². The third-order valence-corrected chi connectivity index (χ3v) is 3.55. The minimum Gasteiger partial charge on any atom is -0.491 e. The summed E-state index contributed by atoms with van der Waals surface area (Å²) in [5.74, 6) is 1.26. The van der Waals surface area contributed by atoms with Crippen LogP contribution in [0.5, 0.6) is 11.5 Å². The summed E-state index contributed by atoms with van der Waals surface area (Å²) < 4.78 is 11.1. The van der Waals surface area contributed by atoms with Gasteiger partial charge in [-0.15, -0.1) is 0 Å². The van der Waals surface area contributed by atoms with Crippen molar-refractivity contribution in [2.24, 2.45) is 0 Å². The van der Waals surface area contributed by atoms with E-state index in [-0.39, 0.29) is 12.5 Å². The van der Waals surface area contributed by atoms with Crippen LogP contribution in [-0.2, 0) is 4.79 Å². The summed E-state index contributed by atoms with van der Waals surface area (Å²) >= 11 is 0. The summed E-state index contributed by atoms with van der Waals surface area (Å²) in [5, 5.41) is 8.74. The molecule has 0 saturated heterocycles. The third-order valence-electron chi connectivity index (χ3n) is 3.55. The zero-order valence-corrected chi connectivity index (χ0v) is 13.9. The second-order valence-corrected chi connectivity index (χ2v) is 5.35. The van der Waals surface area contributed by atoms with E-state index in [1.807, 2.05) is 37.3 Å². The van der Waals surface area contributed by atoms with E-state index in [2.05, 4.69) is 0 Å². The molecule has 24 heavy (non-hydrogen) atoms. The zero-order chi connectivity index (χ0) is 17.4. The van der Waals surface area contributed by atoms with Gasteiger partial charge in [-0.25, -0.2) is 0 Å². The van der Waals surface area contributed by atoms with Crippen molar-refractivity contribution in [3.05, 3.63) is 59.7 Å². The van der Waals surface area contributed by atoms with Gasteiger partial charge in [0.2, 0.25) is 0 Å². The normalized spacial score (nSPS) is 9.88. The highest BCUT2D eigenvalue weighted by Crippen LogP contribution is 2.16. The highest BCUT2D eigenvalue weighted by atomic mass is 16.5. The Morgan fingerprint density at radius 2 is 1.83 bits per heavy atom. The minimum atomic E-state index is -0.132. The summed E-state index contributed by atoms with van der Waals surface area (Å²) in [4.78, 5) is 13.6. The average molecular weight is 324 g/mol. The number of carbonyl (C=O) groups excluding carboxylic acids is 1. The molecule has 2 aromatic carbocycles. The van der Waals surface area contributed by atoms with Gasteiger partial charge in [0, 0.05) is 7.05 Å². The van der Waals surface area contributed by atoms with Crippen molar-refractivity contribution in [3.63, 3.8) is 0 Å². The highest BCUT2D eigenvalue weighted by Gasteiger charge is 2.10. The fourth-order valence-electron chi connectivity index (χ4n) is 2.02. The van der Waals surface area contributed by atoms with Gasteiger partial charge in [0.05, 0.1) is 18.2 Å². The molecule has 0 atom stereocenters. The van der Waals surface area contributed by atoms with Crippen molar-refractivity contribution in [2.75, 3.05) is 26.8 Å². The van der Waals surface area contributed by atoms with Crippen molar-refractivity contribution in [3.8, 4) is 17.6 Å². The monoisotopic (exact) mass is 324 g/mol. The van der Waals surface area contributed by atoms with E-state index in [0.29, 0.717) is 24.5 Å². The lowest BCUT2D eigenvalue weighted by Gasteiger charge is -2.18. The van der Waals surface area contributed by atoms with Gasteiger partial charge in [-0.05, 0) is 42.8 Å². The minimum absolute atomic E-state index is 0.0488. The molecule has 0 aliphatic carbocycles. The molecule has 0 fully saturated rings. The van der Waals surface area contributed by atoms with Crippen LogP contribution < -0.4 is 9.47 Å². The second-order valence-electron chi connectivity index (χ2n) is 5.35. The van der Waals surface area contributed by atoms with E-state index in [1.165, 1.54) is 0 Å². The summed E-state index contributed by atoms with van der Waals surface area (Å²) in [6.45, 7) is 2.83. The Morgan fingerprint density at radius 3 is 2.50 bits per heavy atom. The van der Waals surface area contributed by atoms with Crippen molar-refractivity contribution < 1.29 is 14.3 Å². The summed E-state index contributed by atoms with van der Waals surface area (Å²) in [6.07, 6.45) is 0. The Kier molecular flexibility index (Phi) is 6.21. The number of hydrogen-bond acceptors (Lipinski definition) is 4. The van der Waals surface area contributed by atoms with Crippen LogP contribution in [0.4, 0.5) is 0 Å². The molecule has 0 bridgehead atoms. The van der Waals surface area contributed by atoms with Gasteiger partial charge in [0.1, 0.15) is 18.1 Å². The number of hydrogen-bond donors (Lipinski definition) is 0. The van der Waals surface area contributed by atoms with Crippen molar-refractivity contribution in [1.29, 1.82) is 5.26 Å². The fourth-order valence-corrected chi connectivity index (χ4v) is 2.02. The molecule has 0 aromatic heterocycles. The Balaban J connectivity index is 1.73. The standard InChI is InChI=1S/C19H20N2O3/c1-15-5-3-4-6-18(15)23-12-11-21(2)19(22)14-24-17-9-7-16(13-20)8-10-17/h3-10H,11-12,14H2,1-2H3. The van der Waals surface area contributed by atoms with E-state index in [1.54, 1.807) is 36.2 Å². The summed E-state index contributed by atoms with van der Waals surface area (Å²) in [5.41, 5.74) is 1.62. The number of benzene rings is 2. The highest BCUT2D eigenvalue weighted by molar-refractivity contribution is 5.77. The Bertz CT molecular complexity index is 720. The predicted molar refractivity (Wildman–Crippen MR) is 91.0 cm³/mol. The molecule has 0 aliphatic rings. The molecule has 1 amide bonds. The van der Waals surface area contributed by atoms with Crippen molar-refractivity contribution >= 4 is 5.91 Å². The molecule has 124 valence electrons. The van der Waals surface area contributed by atoms with Gasteiger partial charge in [-0.3, -0.25) is 4.79 Å². The first kappa shape index (κ1) is 17.4. The van der Waals surface area contributed by atoms with Gasteiger partial charge in [-0.2, -0.15) is 5.26 Å². The number of rotatable bonds is 7. The quantitative estimate of drug-likeness (QED) is 0.785. The number of nitriles is 1. The summed E-state index contributed by atoms with van der Waals surface area (Å²) in [7, 11) is 1.71. The number of nitrogens with zero attached hydrogens (tertiary/aromatic N) is 2. The van der Waals surface area contributed by atoms with E-state index in [0.717, 1.165) is 11.3 Å². The van der Waals surface area contributed by atoms with E-state index in [4.69, 9.17) is 14.7 Å². The van der Waals surface area contributed by atoms with Gasteiger partial charge in [0.25, 0.3) is 5.91 Å². The largest absolute Gasteiger partial charge is 0.491 e. The fraction of sp³-hybridized carbons (Fsp3) is 0.263. The molecule has 5 heteroatoms. The average Bonchev–Trinajstić information content (AvgIpc) is 2.61. The first-order chi connectivity index (χ1) is 11.6. The van der Waals surface area contributed by atoms with E-state index >= 15 is 0 Å². The lowest BCUT2D eigenvalue weighted by molar-refractivity contribution is -0.132. The van der Waals surface area contributed by atoms with Crippen LogP contribution >= 0.6 is 0 Å². The molecule has 0 unspecified atom stereocenters. The zero-order valence-electron chi connectivity index (χ0n) is 13.9. The van der Waals surface area contributed by atoms with E-state index < -0.39 is 0 Å². The molecule has 5 nitrogen and oxygen atoms in total. The third kappa shape index (κ3) is 5.03. The van der Waals surface area contributed by atoms with Gasteiger partial charge >= 0.3 is 0 Å². The Labute approximate surface area is 142 Å². The Hall–Kier alpha value is -3.00. The molecule has 0 heterocycles. The predicted octanol–water partition coefficient (Wildman–Crippen LogP) is 2.78. The van der Waals surface area contributed by atoms with Crippen LogP contribution in [0.2, 0.25) is 0 Å². The maximum Gasteiger partial charge on any atom is 0.260 e. The smallest absolute Gasteiger partial charge is 0.260 e. The lowest BCUT2D eigenvalue weighted by atomic mass is 10.2. The van der Waals surface area contributed by atoms with E-state index in [9.17, 15) is 4.79 Å². The number of amides is 1. The SMILES string of the molecule is Cc1ccccc1OCCN(C)C(=O)COc1ccc(C#N)cc1. The topological polar surface area (TPSA) is 62.6 Å². The number of aryl methyl sites for hydroxylation is 1. The number of para-hydroxylation sites is 1. The van der Waals surface area contributed by atoms with Crippen LogP contribution in [-0.4, -0.2) is 37.6 Å². The molecular weight excluding hydrogens is 304 g/mol. The second kappa shape index (κ2) is 8.59. The number of likely N-dealkylation sites (N-methyl/N-ethyl adjacent to an activating group) is 1. The van der Waals surface area contributed by atoms with Gasteiger partial charge in [0.15, 0.2) is 6.61 Å². The molecule has 2 rings (SSSR count). The van der Waals surface area contributed by atoms with Crippen molar-refractivity contribution in [2.45, 2.75) is 6.92 Å². The molecular formula is C19H20N2O3. The van der Waals surface area contributed by atoms with Crippen LogP contribution in [0.25, 0.3) is 0 Å². The number of ether oxygens (including phenoxy) is 2. The van der Waals surface area contributed by atoms with Crippen LogP contribution in [0.15, 0.2) is 48.5 Å². The number of carbonyl (C=O) groups is 1. The first-order valence-corrected chi connectivity index (χ1v) is 7.65. The molecule has 0 spiro atoms. The molecule has 0 aliphatic heterocycles. The molecule has 2 aromatic rings. The Morgan fingerprint density at radius 1 is 1.12 bits per heavy atom. The van der Waals surface area contributed by atoms with Crippen LogP contribution in [0.3, 0.4) is 0 Å². The first-order valence-electron chi connectivity index (χ1n) is 7.65. The molecule has 0 saturated carbocycles. The van der Waals surface area contributed by atoms with Crippen LogP contribution in [0.1, 0.15) is 11.1 Å². The molecule has 0 radical (unpaired) electrons. The molecule has 0 N–H and O–H groups in total. The maximum absolute atomic E-state index is 12.0. The van der Waals surface area contributed by atoms with Gasteiger partial charge in [-0.1, -0.05) is 18.2 Å². The summed E-state index contributed by atoms with van der Waals surface area (Å²) in [6, 6.07) is 16.5.